The summed E-state index contributed by atoms with van der Waals surface area (Å²) in [5, 5.41) is 5.86. The highest BCUT2D eigenvalue weighted by Crippen LogP contribution is 2.13. The average Bonchev–Trinajstić information content (AvgIpc) is 3.26. The van der Waals surface area contributed by atoms with Crippen molar-refractivity contribution in [3.8, 4) is 0 Å². The Labute approximate surface area is 172 Å². The number of benzene rings is 2. The first-order chi connectivity index (χ1) is 14.1. The van der Waals surface area contributed by atoms with Crippen LogP contribution in [0, 0.1) is 0 Å². The van der Waals surface area contributed by atoms with Crippen molar-refractivity contribution in [2.75, 3.05) is 26.2 Å². The minimum atomic E-state index is -0.317. The van der Waals surface area contributed by atoms with E-state index >= 15 is 0 Å². The van der Waals surface area contributed by atoms with E-state index in [1.54, 1.807) is 12.1 Å². The molecular formula is C23H30N4O2. The highest BCUT2D eigenvalue weighted by Gasteiger charge is 2.13. The number of carbonyl (C=O) groups excluding carboxylic acids is 2. The van der Waals surface area contributed by atoms with Gasteiger partial charge < -0.3 is 21.3 Å². The van der Waals surface area contributed by atoms with Crippen LogP contribution in [0.15, 0.2) is 54.6 Å². The Bertz CT molecular complexity index is 786. The predicted octanol–water partition coefficient (Wildman–Crippen LogP) is 2.22. The topological polar surface area (TPSA) is 87.5 Å². The van der Waals surface area contributed by atoms with E-state index in [1.807, 2.05) is 42.5 Å². The number of hydrogen-bond donors (Lipinski definition) is 3. The number of carbonyl (C=O) groups is 2. The van der Waals surface area contributed by atoms with Crippen LogP contribution in [0.25, 0.3) is 0 Å². The van der Waals surface area contributed by atoms with Gasteiger partial charge in [0.2, 0.25) is 5.91 Å². The highest BCUT2D eigenvalue weighted by atomic mass is 16.2. The second kappa shape index (κ2) is 10.7. The Hall–Kier alpha value is -2.70. The van der Waals surface area contributed by atoms with Crippen molar-refractivity contribution in [1.29, 1.82) is 0 Å². The summed E-state index contributed by atoms with van der Waals surface area (Å²) < 4.78 is 0. The average molecular weight is 395 g/mol. The van der Waals surface area contributed by atoms with E-state index in [-0.39, 0.29) is 24.3 Å². The smallest absolute Gasteiger partial charge is 0.251 e. The molecule has 0 bridgehead atoms. The van der Waals surface area contributed by atoms with E-state index in [0.717, 1.165) is 30.8 Å². The summed E-state index contributed by atoms with van der Waals surface area (Å²) >= 11 is 0. The molecule has 154 valence electrons. The maximum absolute atomic E-state index is 12.2. The summed E-state index contributed by atoms with van der Waals surface area (Å²) in [6.45, 7) is 4.25. The Kier molecular flexibility index (Phi) is 7.78. The molecule has 2 aromatic carbocycles. The number of nitrogens with one attached hydrogen (secondary N) is 2. The maximum Gasteiger partial charge on any atom is 0.251 e. The van der Waals surface area contributed by atoms with Gasteiger partial charge in [-0.1, -0.05) is 42.5 Å². The molecule has 0 saturated carbocycles. The summed E-state index contributed by atoms with van der Waals surface area (Å²) in [6.07, 6.45) is 2.75. The molecule has 1 fully saturated rings. The van der Waals surface area contributed by atoms with E-state index in [1.165, 1.54) is 12.8 Å². The zero-order valence-corrected chi connectivity index (χ0v) is 16.8. The normalized spacial score (nSPS) is 15.1. The van der Waals surface area contributed by atoms with Crippen molar-refractivity contribution < 1.29 is 9.59 Å². The van der Waals surface area contributed by atoms with Gasteiger partial charge in [0.05, 0.1) is 0 Å². The van der Waals surface area contributed by atoms with Gasteiger partial charge >= 0.3 is 0 Å². The molecule has 1 unspecified atom stereocenters. The Morgan fingerprint density at radius 2 is 1.66 bits per heavy atom. The van der Waals surface area contributed by atoms with Crippen LogP contribution >= 0.6 is 0 Å². The third-order valence-electron chi connectivity index (χ3n) is 5.25. The molecule has 2 amide bonds. The van der Waals surface area contributed by atoms with Crippen LogP contribution in [-0.2, 0) is 11.3 Å². The number of nitrogens with two attached hydrogens (primary N) is 1. The molecule has 0 aliphatic carbocycles. The predicted molar refractivity (Wildman–Crippen MR) is 114 cm³/mol. The standard InChI is InChI=1S/C23H30N4O2/c24-21(19-6-2-1-3-7-19)16-22(28)26-17-18-8-10-20(11-9-18)23(29)25-12-15-27-13-4-5-14-27/h1-3,6-11,21H,4-5,12-17,24H2,(H,25,29)(H,26,28). The van der Waals surface area contributed by atoms with Crippen molar-refractivity contribution in [2.24, 2.45) is 5.73 Å². The van der Waals surface area contributed by atoms with Gasteiger partial charge in [-0.25, -0.2) is 0 Å². The Balaban J connectivity index is 1.39. The molecule has 1 aliphatic heterocycles. The van der Waals surface area contributed by atoms with Gasteiger partial charge in [0, 0.05) is 37.7 Å². The molecule has 6 nitrogen and oxygen atoms in total. The first-order valence-electron chi connectivity index (χ1n) is 10.3. The minimum absolute atomic E-state index is 0.0615. The van der Waals surface area contributed by atoms with E-state index in [2.05, 4.69) is 15.5 Å². The zero-order valence-electron chi connectivity index (χ0n) is 16.8. The fourth-order valence-corrected chi connectivity index (χ4v) is 3.50. The first kappa shape index (κ1) is 21.0. The largest absolute Gasteiger partial charge is 0.352 e. The summed E-state index contributed by atoms with van der Waals surface area (Å²) in [5.41, 5.74) is 8.61. The third kappa shape index (κ3) is 6.69. The van der Waals surface area contributed by atoms with Crippen molar-refractivity contribution in [2.45, 2.75) is 31.8 Å². The summed E-state index contributed by atoms with van der Waals surface area (Å²) in [5.74, 6) is -0.154. The minimum Gasteiger partial charge on any atom is -0.352 e. The first-order valence-corrected chi connectivity index (χ1v) is 10.3. The number of likely N-dealkylation sites (tertiary alicyclic amines) is 1. The lowest BCUT2D eigenvalue weighted by Gasteiger charge is -2.14. The number of amides is 2. The van der Waals surface area contributed by atoms with E-state index in [4.69, 9.17) is 5.73 Å². The van der Waals surface area contributed by atoms with Gasteiger partial charge in [-0.05, 0) is 49.2 Å². The lowest BCUT2D eigenvalue weighted by molar-refractivity contribution is -0.121. The zero-order chi connectivity index (χ0) is 20.5. The maximum atomic E-state index is 12.2. The van der Waals surface area contributed by atoms with E-state index in [9.17, 15) is 9.59 Å². The molecule has 4 N–H and O–H groups in total. The fraction of sp³-hybridized carbons (Fsp3) is 0.391. The quantitative estimate of drug-likeness (QED) is 0.609. The monoisotopic (exact) mass is 394 g/mol. The van der Waals surface area contributed by atoms with Crippen molar-refractivity contribution in [3.63, 3.8) is 0 Å². The summed E-state index contributed by atoms with van der Waals surface area (Å²) in [4.78, 5) is 26.8. The molecule has 29 heavy (non-hydrogen) atoms. The Morgan fingerprint density at radius 1 is 0.966 bits per heavy atom. The lowest BCUT2D eigenvalue weighted by Crippen LogP contribution is -2.33. The highest BCUT2D eigenvalue weighted by molar-refractivity contribution is 5.94. The van der Waals surface area contributed by atoms with Crippen molar-refractivity contribution in [1.82, 2.24) is 15.5 Å². The van der Waals surface area contributed by atoms with Gasteiger partial charge in [-0.15, -0.1) is 0 Å². The lowest BCUT2D eigenvalue weighted by atomic mass is 10.0. The molecule has 1 saturated heterocycles. The molecule has 1 aliphatic rings. The van der Waals surface area contributed by atoms with Crippen LogP contribution in [-0.4, -0.2) is 42.9 Å². The molecular weight excluding hydrogens is 364 g/mol. The van der Waals surface area contributed by atoms with Crippen LogP contribution in [0.1, 0.15) is 46.8 Å². The second-order valence-electron chi connectivity index (χ2n) is 7.50. The SMILES string of the molecule is NC(CC(=O)NCc1ccc(C(=O)NCCN2CCCC2)cc1)c1ccccc1. The molecule has 3 rings (SSSR count). The van der Waals surface area contributed by atoms with Gasteiger partial charge in [0.15, 0.2) is 0 Å². The number of hydrogen-bond acceptors (Lipinski definition) is 4. The molecule has 1 atom stereocenters. The van der Waals surface area contributed by atoms with Crippen LogP contribution < -0.4 is 16.4 Å². The van der Waals surface area contributed by atoms with E-state index < -0.39 is 0 Å². The summed E-state index contributed by atoms with van der Waals surface area (Å²) in [6, 6.07) is 16.6. The van der Waals surface area contributed by atoms with Crippen molar-refractivity contribution in [3.05, 3.63) is 71.3 Å². The van der Waals surface area contributed by atoms with Crippen LogP contribution in [0.3, 0.4) is 0 Å². The van der Waals surface area contributed by atoms with Crippen LogP contribution in [0.5, 0.6) is 0 Å². The molecule has 0 aromatic heterocycles. The van der Waals surface area contributed by atoms with Gasteiger partial charge in [-0.3, -0.25) is 9.59 Å². The Morgan fingerprint density at radius 3 is 2.34 bits per heavy atom. The van der Waals surface area contributed by atoms with Gasteiger partial charge in [0.1, 0.15) is 0 Å². The van der Waals surface area contributed by atoms with Gasteiger partial charge in [0.25, 0.3) is 5.91 Å². The molecule has 0 radical (unpaired) electrons. The molecule has 6 heteroatoms. The summed E-state index contributed by atoms with van der Waals surface area (Å²) in [7, 11) is 0. The number of rotatable bonds is 9. The van der Waals surface area contributed by atoms with Gasteiger partial charge in [-0.2, -0.15) is 0 Å². The van der Waals surface area contributed by atoms with Crippen LogP contribution in [0.2, 0.25) is 0 Å². The molecule has 2 aromatic rings. The number of nitrogens with zero attached hydrogens (tertiary/aromatic N) is 1. The van der Waals surface area contributed by atoms with E-state index in [0.29, 0.717) is 18.7 Å². The third-order valence-corrected chi connectivity index (χ3v) is 5.25. The fourth-order valence-electron chi connectivity index (χ4n) is 3.50. The van der Waals surface area contributed by atoms with Crippen molar-refractivity contribution >= 4 is 11.8 Å². The molecule has 0 spiro atoms. The van der Waals surface area contributed by atoms with Crippen LogP contribution in [0.4, 0.5) is 0 Å². The second-order valence-corrected chi connectivity index (χ2v) is 7.50. The molecule has 1 heterocycles.